The second kappa shape index (κ2) is 9.81. The molecule has 0 atom stereocenters. The molecule has 0 N–H and O–H groups in total. The summed E-state index contributed by atoms with van der Waals surface area (Å²) in [6, 6.07) is 25.8. The summed E-state index contributed by atoms with van der Waals surface area (Å²) >= 11 is 0. The number of anilines is 1. The van der Waals surface area contributed by atoms with Gasteiger partial charge in [-0.25, -0.2) is 19.0 Å². The fourth-order valence-corrected chi connectivity index (χ4v) is 4.69. The summed E-state index contributed by atoms with van der Waals surface area (Å²) in [6.07, 6.45) is 2.42. The topological polar surface area (TPSA) is 67.2 Å². The minimum absolute atomic E-state index is 0.0888. The Balaban J connectivity index is 1.32. The average Bonchev–Trinajstić information content (AvgIpc) is 3.38. The van der Waals surface area contributed by atoms with Crippen LogP contribution in [0.3, 0.4) is 0 Å². The van der Waals surface area contributed by atoms with Gasteiger partial charge in [-0.15, -0.1) is 0 Å². The second-order valence-corrected chi connectivity index (χ2v) is 9.04. The van der Waals surface area contributed by atoms with Gasteiger partial charge in [0.1, 0.15) is 17.5 Å². The fourth-order valence-electron chi connectivity index (χ4n) is 4.69. The molecular formula is C29H25FN6O. The Morgan fingerprint density at radius 3 is 2.19 bits per heavy atom. The maximum atomic E-state index is 13.3. The van der Waals surface area contributed by atoms with Crippen LogP contribution < -0.4 is 4.90 Å². The number of fused-ring (bicyclic) bond motifs is 1. The molecule has 0 aliphatic carbocycles. The van der Waals surface area contributed by atoms with Gasteiger partial charge < -0.3 is 9.80 Å². The third-order valence-corrected chi connectivity index (χ3v) is 6.62. The number of piperazine rings is 1. The van der Waals surface area contributed by atoms with Crippen LogP contribution in [-0.4, -0.2) is 56.7 Å². The van der Waals surface area contributed by atoms with E-state index in [0.29, 0.717) is 38.2 Å². The minimum Gasteiger partial charge on any atom is -0.352 e. The number of halogens is 1. The summed E-state index contributed by atoms with van der Waals surface area (Å²) < 4.78 is 15.1. The van der Waals surface area contributed by atoms with Crippen LogP contribution >= 0.6 is 0 Å². The number of aromatic nitrogens is 4. The molecule has 3 heterocycles. The van der Waals surface area contributed by atoms with Crippen molar-refractivity contribution in [3.8, 4) is 5.69 Å². The molecule has 0 saturated carbocycles. The minimum atomic E-state index is -0.350. The van der Waals surface area contributed by atoms with E-state index in [1.54, 1.807) is 4.90 Å². The lowest BCUT2D eigenvalue weighted by molar-refractivity contribution is 0.0746. The normalized spacial score (nSPS) is 13.8. The lowest BCUT2D eigenvalue weighted by Gasteiger charge is -2.35. The van der Waals surface area contributed by atoms with E-state index < -0.39 is 0 Å². The molecular weight excluding hydrogens is 467 g/mol. The summed E-state index contributed by atoms with van der Waals surface area (Å²) in [4.78, 5) is 26.8. The highest BCUT2D eigenvalue weighted by molar-refractivity contribution is 5.94. The zero-order chi connectivity index (χ0) is 25.2. The SMILES string of the molecule is O=C(c1ccc(F)cc1)N1CCN(c2nc(Cc3ccccc3)nc3c2cnn3-c2ccccc2)CC1. The van der Waals surface area contributed by atoms with Gasteiger partial charge in [0.15, 0.2) is 5.65 Å². The van der Waals surface area contributed by atoms with Crippen LogP contribution in [0.15, 0.2) is 91.1 Å². The number of para-hydroxylation sites is 1. The van der Waals surface area contributed by atoms with Gasteiger partial charge in [-0.05, 0) is 42.0 Å². The van der Waals surface area contributed by atoms with Gasteiger partial charge in [0.2, 0.25) is 0 Å². The van der Waals surface area contributed by atoms with Crippen molar-refractivity contribution in [1.29, 1.82) is 0 Å². The first kappa shape index (κ1) is 22.8. The second-order valence-electron chi connectivity index (χ2n) is 9.04. The molecule has 6 rings (SSSR count). The monoisotopic (exact) mass is 492 g/mol. The molecule has 0 radical (unpaired) electrons. The van der Waals surface area contributed by atoms with Crippen LogP contribution in [0.4, 0.5) is 10.2 Å². The highest BCUT2D eigenvalue weighted by Gasteiger charge is 2.26. The van der Waals surface area contributed by atoms with Crippen molar-refractivity contribution in [2.45, 2.75) is 6.42 Å². The Bertz CT molecular complexity index is 1530. The molecule has 1 amide bonds. The Morgan fingerprint density at radius 2 is 1.49 bits per heavy atom. The molecule has 2 aromatic heterocycles. The first-order valence-electron chi connectivity index (χ1n) is 12.3. The van der Waals surface area contributed by atoms with Crippen molar-refractivity contribution in [3.63, 3.8) is 0 Å². The zero-order valence-corrected chi connectivity index (χ0v) is 20.2. The van der Waals surface area contributed by atoms with E-state index in [9.17, 15) is 9.18 Å². The first-order valence-corrected chi connectivity index (χ1v) is 12.3. The molecule has 0 bridgehead atoms. The van der Waals surface area contributed by atoms with Crippen molar-refractivity contribution in [3.05, 3.63) is 114 Å². The fraction of sp³-hybridized carbons (Fsp3) is 0.172. The smallest absolute Gasteiger partial charge is 0.253 e. The highest BCUT2D eigenvalue weighted by atomic mass is 19.1. The summed E-state index contributed by atoms with van der Waals surface area (Å²) in [5.41, 5.74) is 3.32. The van der Waals surface area contributed by atoms with Crippen LogP contribution in [0.1, 0.15) is 21.7 Å². The number of hydrogen-bond acceptors (Lipinski definition) is 5. The summed E-state index contributed by atoms with van der Waals surface area (Å²) in [6.45, 7) is 2.34. The molecule has 1 fully saturated rings. The maximum Gasteiger partial charge on any atom is 0.253 e. The predicted octanol–water partition coefficient (Wildman–Crippen LogP) is 4.51. The molecule has 5 aromatic rings. The summed E-state index contributed by atoms with van der Waals surface area (Å²) in [5.74, 6) is 1.11. The largest absolute Gasteiger partial charge is 0.352 e. The predicted molar refractivity (Wildman–Crippen MR) is 140 cm³/mol. The standard InChI is InChI=1S/C29H25FN6O/c30-23-13-11-22(12-14-23)29(37)35-17-15-34(16-18-35)27-25-20-31-36(24-9-5-2-6-10-24)28(25)33-26(32-27)19-21-7-3-1-4-8-21/h1-14,20H,15-19H2. The first-order chi connectivity index (χ1) is 18.2. The van der Waals surface area contributed by atoms with E-state index in [4.69, 9.17) is 9.97 Å². The lowest BCUT2D eigenvalue weighted by atomic mass is 10.1. The number of carbonyl (C=O) groups excluding carboxylic acids is 1. The third-order valence-electron chi connectivity index (χ3n) is 6.62. The van der Waals surface area contributed by atoms with Crippen molar-refractivity contribution >= 4 is 22.8 Å². The van der Waals surface area contributed by atoms with Gasteiger partial charge in [-0.1, -0.05) is 48.5 Å². The summed E-state index contributed by atoms with van der Waals surface area (Å²) in [7, 11) is 0. The van der Waals surface area contributed by atoms with Crippen molar-refractivity contribution < 1.29 is 9.18 Å². The highest BCUT2D eigenvalue weighted by Crippen LogP contribution is 2.27. The number of rotatable bonds is 5. The molecule has 0 spiro atoms. The molecule has 0 unspecified atom stereocenters. The molecule has 1 aliphatic heterocycles. The van der Waals surface area contributed by atoms with E-state index in [0.717, 1.165) is 33.9 Å². The van der Waals surface area contributed by atoms with Crippen molar-refractivity contribution in [2.75, 3.05) is 31.1 Å². The van der Waals surface area contributed by atoms with Crippen LogP contribution in [-0.2, 0) is 6.42 Å². The zero-order valence-electron chi connectivity index (χ0n) is 20.2. The van der Waals surface area contributed by atoms with Gasteiger partial charge in [0.25, 0.3) is 5.91 Å². The maximum absolute atomic E-state index is 13.3. The van der Waals surface area contributed by atoms with E-state index in [1.807, 2.05) is 59.4 Å². The number of hydrogen-bond donors (Lipinski definition) is 0. The third kappa shape index (κ3) is 4.65. The molecule has 8 heteroatoms. The Hall–Kier alpha value is -4.59. The van der Waals surface area contributed by atoms with Crippen LogP contribution in [0, 0.1) is 5.82 Å². The van der Waals surface area contributed by atoms with Crippen LogP contribution in [0.2, 0.25) is 0 Å². The van der Waals surface area contributed by atoms with Gasteiger partial charge in [0.05, 0.1) is 17.3 Å². The van der Waals surface area contributed by atoms with Gasteiger partial charge in [0, 0.05) is 38.2 Å². The van der Waals surface area contributed by atoms with Crippen LogP contribution in [0.5, 0.6) is 0 Å². The van der Waals surface area contributed by atoms with Gasteiger partial charge >= 0.3 is 0 Å². The number of nitrogens with zero attached hydrogens (tertiary/aromatic N) is 6. The lowest BCUT2D eigenvalue weighted by Crippen LogP contribution is -2.49. The van der Waals surface area contributed by atoms with E-state index in [2.05, 4.69) is 22.1 Å². The quantitative estimate of drug-likeness (QED) is 0.361. The molecule has 7 nitrogen and oxygen atoms in total. The Morgan fingerprint density at radius 1 is 0.811 bits per heavy atom. The van der Waals surface area contributed by atoms with Crippen molar-refractivity contribution in [1.82, 2.24) is 24.6 Å². The van der Waals surface area contributed by atoms with Gasteiger partial charge in [-0.2, -0.15) is 5.10 Å². The molecule has 3 aromatic carbocycles. The Kier molecular flexibility index (Phi) is 6.06. The number of benzene rings is 3. The van der Waals surface area contributed by atoms with Crippen molar-refractivity contribution in [2.24, 2.45) is 0 Å². The van der Waals surface area contributed by atoms with E-state index >= 15 is 0 Å². The molecule has 37 heavy (non-hydrogen) atoms. The van der Waals surface area contributed by atoms with Gasteiger partial charge in [-0.3, -0.25) is 4.79 Å². The molecule has 1 aliphatic rings. The summed E-state index contributed by atoms with van der Waals surface area (Å²) in [5, 5.41) is 5.53. The van der Waals surface area contributed by atoms with E-state index in [1.165, 1.54) is 24.3 Å². The number of amides is 1. The Labute approximate surface area is 213 Å². The number of carbonyl (C=O) groups is 1. The average molecular weight is 493 g/mol. The van der Waals surface area contributed by atoms with E-state index in [-0.39, 0.29) is 11.7 Å². The van der Waals surface area contributed by atoms with Crippen LogP contribution in [0.25, 0.3) is 16.7 Å². The molecule has 1 saturated heterocycles. The molecule has 184 valence electrons.